The summed E-state index contributed by atoms with van der Waals surface area (Å²) in [6.07, 6.45) is 2.01. The van der Waals surface area contributed by atoms with Gasteiger partial charge < -0.3 is 10.6 Å². The average Bonchev–Trinajstić information content (AvgIpc) is 2.46. The van der Waals surface area contributed by atoms with E-state index < -0.39 is 0 Å². The Kier molecular flexibility index (Phi) is 3.49. The number of nitrogens with two attached hydrogens (primary N) is 1. The highest BCUT2D eigenvalue weighted by Crippen LogP contribution is 2.29. The van der Waals surface area contributed by atoms with Crippen LogP contribution in [0.5, 0.6) is 0 Å². The van der Waals surface area contributed by atoms with Gasteiger partial charge in [0, 0.05) is 22.4 Å². The number of aryl methyl sites for hydroxylation is 1. The zero-order valence-corrected chi connectivity index (χ0v) is 12.6. The Hall–Kier alpha value is -1.81. The quantitative estimate of drug-likeness (QED) is 0.811. The molecule has 0 fully saturated rings. The molecule has 2 aromatic carbocycles. The van der Waals surface area contributed by atoms with Gasteiger partial charge in [-0.25, -0.2) is 0 Å². The summed E-state index contributed by atoms with van der Waals surface area (Å²) in [6, 6.07) is 13.5. The summed E-state index contributed by atoms with van der Waals surface area (Å²) in [5.74, 6) is -0.0258. The smallest absolute Gasteiger partial charge is 0.260 e. The molecule has 20 heavy (non-hydrogen) atoms. The molecule has 0 atom stereocenters. The van der Waals surface area contributed by atoms with Gasteiger partial charge in [-0.3, -0.25) is 4.79 Å². The van der Waals surface area contributed by atoms with Crippen LogP contribution in [-0.4, -0.2) is 12.5 Å². The van der Waals surface area contributed by atoms with E-state index in [4.69, 9.17) is 5.73 Å². The van der Waals surface area contributed by atoms with Crippen LogP contribution in [0.1, 0.15) is 22.3 Å². The largest absolute Gasteiger partial charge is 0.398 e. The van der Waals surface area contributed by atoms with Crippen LogP contribution in [0.15, 0.2) is 46.9 Å². The van der Waals surface area contributed by atoms with Crippen LogP contribution < -0.4 is 10.6 Å². The Labute approximate surface area is 126 Å². The lowest BCUT2D eigenvalue weighted by Crippen LogP contribution is -2.35. The number of rotatable bonds is 1. The number of carbonyl (C=O) groups excluding carboxylic acids is 1. The maximum atomic E-state index is 12.7. The van der Waals surface area contributed by atoms with E-state index in [1.54, 1.807) is 12.1 Å². The first-order chi connectivity index (χ1) is 9.66. The van der Waals surface area contributed by atoms with Gasteiger partial charge in [-0.2, -0.15) is 0 Å². The van der Waals surface area contributed by atoms with E-state index >= 15 is 0 Å². The molecule has 0 bridgehead atoms. The molecule has 1 aliphatic rings. The summed E-state index contributed by atoms with van der Waals surface area (Å²) >= 11 is 3.36. The Balaban J connectivity index is 2.00. The highest BCUT2D eigenvalue weighted by molar-refractivity contribution is 9.10. The number of hydrogen-bond acceptors (Lipinski definition) is 2. The van der Waals surface area contributed by atoms with Gasteiger partial charge >= 0.3 is 0 Å². The SMILES string of the molecule is Nc1cc(Br)ccc1C(=O)N1CCCc2ccccc21. The van der Waals surface area contributed by atoms with Crippen LogP contribution in [0.2, 0.25) is 0 Å². The van der Waals surface area contributed by atoms with Gasteiger partial charge in [0.2, 0.25) is 0 Å². The molecule has 0 saturated heterocycles. The predicted octanol–water partition coefficient (Wildman–Crippen LogP) is 3.62. The topological polar surface area (TPSA) is 46.3 Å². The molecule has 1 amide bonds. The third-order valence-corrected chi connectivity index (χ3v) is 4.09. The minimum atomic E-state index is -0.0258. The fourth-order valence-electron chi connectivity index (χ4n) is 2.62. The second-order valence-corrected chi connectivity index (χ2v) is 5.84. The van der Waals surface area contributed by atoms with E-state index in [9.17, 15) is 4.79 Å². The molecule has 2 aromatic rings. The highest BCUT2D eigenvalue weighted by Gasteiger charge is 2.24. The van der Waals surface area contributed by atoms with Crippen molar-refractivity contribution in [1.29, 1.82) is 0 Å². The number of carbonyl (C=O) groups is 1. The number of para-hydroxylation sites is 1. The van der Waals surface area contributed by atoms with Gasteiger partial charge in [0.25, 0.3) is 5.91 Å². The molecule has 1 aliphatic heterocycles. The van der Waals surface area contributed by atoms with Gasteiger partial charge in [-0.05, 0) is 42.7 Å². The first kappa shape index (κ1) is 13.2. The molecule has 1 heterocycles. The molecule has 0 saturated carbocycles. The molecule has 0 radical (unpaired) electrons. The van der Waals surface area contributed by atoms with Crippen LogP contribution in [0.3, 0.4) is 0 Å². The Morgan fingerprint density at radius 1 is 1.20 bits per heavy atom. The number of halogens is 1. The van der Waals surface area contributed by atoms with Crippen molar-refractivity contribution < 1.29 is 4.79 Å². The summed E-state index contributed by atoms with van der Waals surface area (Å²) in [7, 11) is 0. The number of fused-ring (bicyclic) bond motifs is 1. The third kappa shape index (κ3) is 2.31. The lowest BCUT2D eigenvalue weighted by Gasteiger charge is -2.29. The van der Waals surface area contributed by atoms with E-state index in [1.807, 2.05) is 29.2 Å². The maximum Gasteiger partial charge on any atom is 0.260 e. The van der Waals surface area contributed by atoms with Crippen LogP contribution in [-0.2, 0) is 6.42 Å². The molecule has 4 heteroatoms. The monoisotopic (exact) mass is 330 g/mol. The Bertz CT molecular complexity index is 669. The second-order valence-electron chi connectivity index (χ2n) is 4.92. The lowest BCUT2D eigenvalue weighted by molar-refractivity contribution is 0.0986. The van der Waals surface area contributed by atoms with E-state index in [0.29, 0.717) is 11.3 Å². The van der Waals surface area contributed by atoms with E-state index in [1.165, 1.54) is 5.56 Å². The number of amides is 1. The Morgan fingerprint density at radius 2 is 2.00 bits per heavy atom. The minimum Gasteiger partial charge on any atom is -0.398 e. The third-order valence-electron chi connectivity index (χ3n) is 3.60. The fraction of sp³-hybridized carbons (Fsp3) is 0.188. The molecule has 0 aromatic heterocycles. The number of hydrogen-bond donors (Lipinski definition) is 1. The maximum absolute atomic E-state index is 12.7. The molecule has 3 rings (SSSR count). The van der Waals surface area contributed by atoms with Crippen LogP contribution >= 0.6 is 15.9 Å². The van der Waals surface area contributed by atoms with Crippen LogP contribution in [0.4, 0.5) is 11.4 Å². The highest BCUT2D eigenvalue weighted by atomic mass is 79.9. The fourth-order valence-corrected chi connectivity index (χ4v) is 3.00. The van der Waals surface area contributed by atoms with Crippen molar-refractivity contribution in [1.82, 2.24) is 0 Å². The average molecular weight is 331 g/mol. The number of anilines is 2. The molecule has 0 unspecified atom stereocenters. The molecular weight excluding hydrogens is 316 g/mol. The summed E-state index contributed by atoms with van der Waals surface area (Å²) in [4.78, 5) is 14.6. The zero-order chi connectivity index (χ0) is 14.1. The first-order valence-corrected chi connectivity index (χ1v) is 7.41. The van der Waals surface area contributed by atoms with Crippen LogP contribution in [0, 0.1) is 0 Å². The van der Waals surface area contributed by atoms with Crippen molar-refractivity contribution in [2.45, 2.75) is 12.8 Å². The Morgan fingerprint density at radius 3 is 2.80 bits per heavy atom. The zero-order valence-electron chi connectivity index (χ0n) is 11.0. The van der Waals surface area contributed by atoms with E-state index in [-0.39, 0.29) is 5.91 Å². The van der Waals surface area contributed by atoms with Gasteiger partial charge in [0.05, 0.1) is 5.56 Å². The van der Waals surface area contributed by atoms with Crippen molar-refractivity contribution in [3.8, 4) is 0 Å². The van der Waals surface area contributed by atoms with Crippen molar-refractivity contribution in [2.75, 3.05) is 17.2 Å². The minimum absolute atomic E-state index is 0.0258. The van der Waals surface area contributed by atoms with E-state index in [0.717, 1.165) is 29.5 Å². The molecule has 3 nitrogen and oxygen atoms in total. The molecule has 0 aliphatic carbocycles. The molecule has 2 N–H and O–H groups in total. The second kappa shape index (κ2) is 5.29. The summed E-state index contributed by atoms with van der Waals surface area (Å²) in [5.41, 5.74) is 9.27. The molecule has 102 valence electrons. The standard InChI is InChI=1S/C16H15BrN2O/c17-12-7-8-13(14(18)10-12)16(20)19-9-3-5-11-4-1-2-6-15(11)19/h1-2,4,6-8,10H,3,5,9,18H2. The van der Waals surface area contributed by atoms with Crippen molar-refractivity contribution >= 4 is 33.2 Å². The van der Waals surface area contributed by atoms with E-state index in [2.05, 4.69) is 22.0 Å². The van der Waals surface area contributed by atoms with Gasteiger partial charge in [0.1, 0.15) is 0 Å². The summed E-state index contributed by atoms with van der Waals surface area (Å²) < 4.78 is 0.880. The summed E-state index contributed by atoms with van der Waals surface area (Å²) in [6.45, 7) is 0.741. The first-order valence-electron chi connectivity index (χ1n) is 6.61. The summed E-state index contributed by atoms with van der Waals surface area (Å²) in [5, 5.41) is 0. The number of benzene rings is 2. The van der Waals surface area contributed by atoms with Gasteiger partial charge in [0.15, 0.2) is 0 Å². The normalized spacial score (nSPS) is 13.9. The lowest BCUT2D eigenvalue weighted by atomic mass is 10.0. The molecular formula is C16H15BrN2O. The number of nitrogens with zero attached hydrogens (tertiary/aromatic N) is 1. The van der Waals surface area contributed by atoms with Crippen molar-refractivity contribution in [3.63, 3.8) is 0 Å². The van der Waals surface area contributed by atoms with Crippen molar-refractivity contribution in [2.24, 2.45) is 0 Å². The van der Waals surface area contributed by atoms with Gasteiger partial charge in [-0.15, -0.1) is 0 Å². The molecule has 0 spiro atoms. The predicted molar refractivity (Wildman–Crippen MR) is 85.0 cm³/mol. The van der Waals surface area contributed by atoms with Crippen LogP contribution in [0.25, 0.3) is 0 Å². The number of nitrogen functional groups attached to an aromatic ring is 1. The van der Waals surface area contributed by atoms with Crippen molar-refractivity contribution in [3.05, 3.63) is 58.1 Å². The van der Waals surface area contributed by atoms with Gasteiger partial charge in [-0.1, -0.05) is 34.1 Å².